The third-order valence-electron chi connectivity index (χ3n) is 2.99. The minimum Gasteiger partial charge on any atom is -0.322 e. The number of aryl methyl sites for hydroxylation is 1. The van der Waals surface area contributed by atoms with Crippen LogP contribution in [0.3, 0.4) is 0 Å². The molecule has 20 heavy (non-hydrogen) atoms. The van der Waals surface area contributed by atoms with E-state index < -0.39 is 11.7 Å². The first kappa shape index (κ1) is 13.8. The van der Waals surface area contributed by atoms with Crippen molar-refractivity contribution in [3.63, 3.8) is 0 Å². The second-order valence-electron chi connectivity index (χ2n) is 4.27. The fourth-order valence-corrected chi connectivity index (χ4v) is 1.91. The molecule has 2 aromatic carbocycles. The molecule has 0 aromatic heterocycles. The second-order valence-corrected chi connectivity index (χ2v) is 4.27. The van der Waals surface area contributed by atoms with Gasteiger partial charge in [-0.15, -0.1) is 0 Å². The van der Waals surface area contributed by atoms with Crippen LogP contribution in [-0.2, 0) is 6.42 Å². The largest absolute Gasteiger partial charge is 0.322 e. The number of para-hydroxylation sites is 1. The maximum absolute atomic E-state index is 13.8. The quantitative estimate of drug-likeness (QED) is 0.926. The van der Waals surface area contributed by atoms with Crippen LogP contribution in [0.4, 0.5) is 10.1 Å². The molecule has 0 atom stereocenters. The molecular formula is C16H13FN2O. The number of carbonyl (C=O) groups is 1. The molecule has 1 amide bonds. The summed E-state index contributed by atoms with van der Waals surface area (Å²) in [4.78, 5) is 12.1. The van der Waals surface area contributed by atoms with Crippen LogP contribution in [-0.4, -0.2) is 5.91 Å². The van der Waals surface area contributed by atoms with Crippen LogP contribution in [0.2, 0.25) is 0 Å². The summed E-state index contributed by atoms with van der Waals surface area (Å²) in [5.41, 5.74) is 1.77. The fraction of sp³-hybridized carbons (Fsp3) is 0.125. The van der Waals surface area contributed by atoms with Gasteiger partial charge in [0.2, 0.25) is 0 Å². The molecule has 0 saturated heterocycles. The van der Waals surface area contributed by atoms with Gasteiger partial charge in [-0.3, -0.25) is 4.79 Å². The van der Waals surface area contributed by atoms with E-state index in [0.29, 0.717) is 5.69 Å². The summed E-state index contributed by atoms with van der Waals surface area (Å²) in [5.74, 6) is -1.22. The molecule has 0 aliphatic heterocycles. The second kappa shape index (κ2) is 5.98. The molecule has 0 saturated carbocycles. The highest BCUT2D eigenvalue weighted by Crippen LogP contribution is 2.18. The summed E-state index contributed by atoms with van der Waals surface area (Å²) >= 11 is 0. The third-order valence-corrected chi connectivity index (χ3v) is 2.99. The van der Waals surface area contributed by atoms with Crippen molar-refractivity contribution in [1.82, 2.24) is 0 Å². The molecule has 4 heteroatoms. The van der Waals surface area contributed by atoms with Crippen molar-refractivity contribution in [3.05, 3.63) is 65.0 Å². The lowest BCUT2D eigenvalue weighted by molar-refractivity contribution is 0.102. The summed E-state index contributed by atoms with van der Waals surface area (Å²) in [6.07, 6.45) is 0.770. The van der Waals surface area contributed by atoms with Crippen LogP contribution < -0.4 is 5.32 Å². The van der Waals surface area contributed by atoms with Gasteiger partial charge < -0.3 is 5.32 Å². The number of nitriles is 1. The maximum Gasteiger partial charge on any atom is 0.258 e. The van der Waals surface area contributed by atoms with E-state index >= 15 is 0 Å². The van der Waals surface area contributed by atoms with Gasteiger partial charge in [0.15, 0.2) is 0 Å². The predicted molar refractivity (Wildman–Crippen MR) is 74.9 cm³/mol. The number of halogens is 1. The lowest BCUT2D eigenvalue weighted by Gasteiger charge is -2.10. The lowest BCUT2D eigenvalue weighted by atomic mass is 10.1. The Balaban J connectivity index is 2.27. The molecule has 3 nitrogen and oxygen atoms in total. The Morgan fingerprint density at radius 1 is 1.30 bits per heavy atom. The van der Waals surface area contributed by atoms with Gasteiger partial charge in [0.1, 0.15) is 5.82 Å². The van der Waals surface area contributed by atoms with Crippen LogP contribution in [0.15, 0.2) is 42.5 Å². The minimum absolute atomic E-state index is 0.0742. The number of benzene rings is 2. The number of hydrogen-bond donors (Lipinski definition) is 1. The topological polar surface area (TPSA) is 52.9 Å². The van der Waals surface area contributed by atoms with Gasteiger partial charge in [-0.1, -0.05) is 25.1 Å². The van der Waals surface area contributed by atoms with Crippen molar-refractivity contribution in [1.29, 1.82) is 5.26 Å². The van der Waals surface area contributed by atoms with Gasteiger partial charge in [0, 0.05) is 5.69 Å². The van der Waals surface area contributed by atoms with Crippen LogP contribution in [0, 0.1) is 17.1 Å². The van der Waals surface area contributed by atoms with Crippen molar-refractivity contribution >= 4 is 11.6 Å². The Morgan fingerprint density at radius 3 is 2.70 bits per heavy atom. The molecule has 0 radical (unpaired) electrons. The Kier molecular flexibility index (Phi) is 4.11. The minimum atomic E-state index is -0.699. The van der Waals surface area contributed by atoms with Crippen molar-refractivity contribution in [2.24, 2.45) is 0 Å². The Morgan fingerprint density at radius 2 is 2.05 bits per heavy atom. The standard InChI is InChI=1S/C16H13FN2O/c1-2-12-5-3-4-6-15(12)19-16(20)13-8-7-11(10-18)9-14(13)17/h3-9H,2H2,1H3,(H,19,20). The molecule has 0 heterocycles. The van der Waals surface area contributed by atoms with Crippen LogP contribution in [0.25, 0.3) is 0 Å². The van der Waals surface area contributed by atoms with Gasteiger partial charge in [0.25, 0.3) is 5.91 Å². The van der Waals surface area contributed by atoms with Crippen molar-refractivity contribution < 1.29 is 9.18 Å². The molecule has 0 spiro atoms. The van der Waals surface area contributed by atoms with Crippen LogP contribution in [0.1, 0.15) is 28.4 Å². The smallest absolute Gasteiger partial charge is 0.258 e. The van der Waals surface area contributed by atoms with Crippen molar-refractivity contribution in [2.75, 3.05) is 5.32 Å². The molecule has 0 bridgehead atoms. The summed E-state index contributed by atoms with van der Waals surface area (Å²) in [5, 5.41) is 11.4. The maximum atomic E-state index is 13.8. The van der Waals surface area contributed by atoms with Gasteiger partial charge in [-0.2, -0.15) is 5.26 Å². The van der Waals surface area contributed by atoms with E-state index in [1.54, 1.807) is 6.07 Å². The number of nitrogens with zero attached hydrogens (tertiary/aromatic N) is 1. The summed E-state index contributed by atoms with van der Waals surface area (Å²) < 4.78 is 13.8. The first-order valence-electron chi connectivity index (χ1n) is 6.24. The number of amides is 1. The van der Waals surface area contributed by atoms with Gasteiger partial charge in [0.05, 0.1) is 17.2 Å². The number of carbonyl (C=O) groups excluding carboxylic acids is 1. The zero-order chi connectivity index (χ0) is 14.5. The molecule has 2 aromatic rings. The molecular weight excluding hydrogens is 255 g/mol. The molecule has 0 fully saturated rings. The average molecular weight is 268 g/mol. The normalized spacial score (nSPS) is 9.85. The van der Waals surface area contributed by atoms with E-state index in [1.165, 1.54) is 12.1 Å². The van der Waals surface area contributed by atoms with E-state index in [0.717, 1.165) is 18.1 Å². The summed E-state index contributed by atoms with van der Waals surface area (Å²) in [7, 11) is 0. The Bertz CT molecular complexity index is 689. The fourth-order valence-electron chi connectivity index (χ4n) is 1.91. The monoisotopic (exact) mass is 268 g/mol. The van der Waals surface area contributed by atoms with E-state index in [4.69, 9.17) is 5.26 Å². The summed E-state index contributed by atoms with van der Waals surface area (Å²) in [6.45, 7) is 1.98. The molecule has 2 rings (SSSR count). The third kappa shape index (κ3) is 2.83. The predicted octanol–water partition coefficient (Wildman–Crippen LogP) is 3.51. The average Bonchev–Trinajstić information content (AvgIpc) is 2.47. The first-order valence-corrected chi connectivity index (χ1v) is 6.24. The SMILES string of the molecule is CCc1ccccc1NC(=O)c1ccc(C#N)cc1F. The number of nitrogens with one attached hydrogen (secondary N) is 1. The van der Waals surface area contributed by atoms with Gasteiger partial charge in [-0.25, -0.2) is 4.39 Å². The van der Waals surface area contributed by atoms with Gasteiger partial charge >= 0.3 is 0 Å². The van der Waals surface area contributed by atoms with E-state index in [9.17, 15) is 9.18 Å². The van der Waals surface area contributed by atoms with E-state index in [2.05, 4.69) is 5.32 Å². The number of hydrogen-bond acceptors (Lipinski definition) is 2. The number of anilines is 1. The van der Waals surface area contributed by atoms with Gasteiger partial charge in [-0.05, 0) is 36.2 Å². The van der Waals surface area contributed by atoms with Crippen molar-refractivity contribution in [3.8, 4) is 6.07 Å². The lowest BCUT2D eigenvalue weighted by Crippen LogP contribution is -2.15. The molecule has 100 valence electrons. The first-order chi connectivity index (χ1) is 9.65. The Labute approximate surface area is 116 Å². The van der Waals surface area contributed by atoms with Crippen LogP contribution in [0.5, 0.6) is 0 Å². The summed E-state index contributed by atoms with van der Waals surface area (Å²) in [6, 6.07) is 13.0. The highest BCUT2D eigenvalue weighted by Gasteiger charge is 2.13. The molecule has 1 N–H and O–H groups in total. The highest BCUT2D eigenvalue weighted by molar-refractivity contribution is 6.04. The van der Waals surface area contributed by atoms with Crippen molar-refractivity contribution in [2.45, 2.75) is 13.3 Å². The molecule has 0 aliphatic rings. The molecule has 0 unspecified atom stereocenters. The molecule has 0 aliphatic carbocycles. The zero-order valence-electron chi connectivity index (χ0n) is 11.0. The number of rotatable bonds is 3. The van der Waals surface area contributed by atoms with E-state index in [-0.39, 0.29) is 11.1 Å². The van der Waals surface area contributed by atoms with E-state index in [1.807, 2.05) is 31.2 Å². The van der Waals surface area contributed by atoms with Crippen LogP contribution >= 0.6 is 0 Å². The Hall–Kier alpha value is -2.67. The zero-order valence-corrected chi connectivity index (χ0v) is 11.0. The highest BCUT2D eigenvalue weighted by atomic mass is 19.1.